The molecule has 2 amide bonds. The van der Waals surface area contributed by atoms with Gasteiger partial charge in [-0.1, -0.05) is 89.4 Å². The third kappa shape index (κ3) is 21.2. The summed E-state index contributed by atoms with van der Waals surface area (Å²) < 4.78 is 93.6. The Kier molecular flexibility index (Phi) is 27.2. The predicted molar refractivity (Wildman–Crippen MR) is 319 cm³/mol. The predicted octanol–water partition coefficient (Wildman–Crippen LogP) is 3.40. The van der Waals surface area contributed by atoms with Crippen molar-refractivity contribution in [1.82, 2.24) is 10.6 Å². The molecule has 3 aromatic rings. The van der Waals surface area contributed by atoms with E-state index in [1.54, 1.807) is 12.1 Å². The van der Waals surface area contributed by atoms with Gasteiger partial charge < -0.3 is 86.4 Å². The van der Waals surface area contributed by atoms with Gasteiger partial charge in [0.1, 0.15) is 62.5 Å². The number of benzene rings is 3. The van der Waals surface area contributed by atoms with E-state index in [1.807, 2.05) is 0 Å². The molecule has 6 rings (SSSR count). The molecule has 0 spiro atoms. The molecule has 34 heteroatoms. The van der Waals surface area contributed by atoms with E-state index in [2.05, 4.69) is 10.6 Å². The van der Waals surface area contributed by atoms with Gasteiger partial charge in [-0.2, -0.15) is 0 Å². The number of nitrogens with one attached hydrogen (secondary N) is 3. The second-order valence-corrected chi connectivity index (χ2v) is 23.5. The van der Waals surface area contributed by atoms with Gasteiger partial charge in [0.2, 0.25) is 24.0 Å². The summed E-state index contributed by atoms with van der Waals surface area (Å²) in [7, 11) is 0.802. The lowest BCUT2D eigenvalue weighted by atomic mass is 9.87. The number of methoxy groups -OCH3 is 1. The molecule has 3 aliphatic heterocycles. The van der Waals surface area contributed by atoms with Crippen molar-refractivity contribution in [3.63, 3.8) is 0 Å². The van der Waals surface area contributed by atoms with Crippen LogP contribution in [-0.4, -0.2) is 206 Å². The van der Waals surface area contributed by atoms with Crippen LogP contribution in [0.25, 0.3) is 0 Å². The summed E-state index contributed by atoms with van der Waals surface area (Å²) in [5, 5.41) is 13.9. The van der Waals surface area contributed by atoms with Crippen LogP contribution in [0, 0.1) is 5.41 Å². The van der Waals surface area contributed by atoms with Crippen LogP contribution >= 0.6 is 34.8 Å². The number of alkyl halides is 3. The Balaban J connectivity index is 1.72. The fraction of sp³-hybridized carbons (Fsp3) is 0.492. The van der Waals surface area contributed by atoms with E-state index in [4.69, 9.17) is 116 Å². The summed E-state index contributed by atoms with van der Waals surface area (Å²) in [6.07, 6.45) is -28.9. The highest BCUT2D eigenvalue weighted by Gasteiger charge is 2.65. The number of esters is 10. The molecular weight excluding hydrogens is 1330 g/mol. The fourth-order valence-corrected chi connectivity index (χ4v) is 10.3. The molecular formula is C61H68Cl3N3O28. The van der Waals surface area contributed by atoms with Gasteiger partial charge in [-0.25, -0.2) is 19.2 Å². The van der Waals surface area contributed by atoms with Gasteiger partial charge in [-0.05, 0) is 36.4 Å². The van der Waals surface area contributed by atoms with E-state index < -0.39 is 205 Å². The third-order valence-corrected chi connectivity index (χ3v) is 14.4. The summed E-state index contributed by atoms with van der Waals surface area (Å²) >= 11 is 18.6. The summed E-state index contributed by atoms with van der Waals surface area (Å²) in [5.74, 6) is -17.8. The van der Waals surface area contributed by atoms with Crippen LogP contribution in [0.3, 0.4) is 0 Å². The lowest BCUT2D eigenvalue weighted by Crippen LogP contribution is -2.73. The molecule has 0 aliphatic carbocycles. The number of carbonyl (C=O) groups excluding carboxylic acids is 12. The molecule has 0 aromatic heterocycles. The number of amides is 2. The van der Waals surface area contributed by atoms with Crippen LogP contribution < -0.4 is 10.6 Å². The maximum absolute atomic E-state index is 15.3. The molecule has 0 saturated carbocycles. The minimum absolute atomic E-state index is 0.0206. The van der Waals surface area contributed by atoms with Crippen LogP contribution in [-0.2, 0) is 119 Å². The zero-order valence-electron chi connectivity index (χ0n) is 52.2. The summed E-state index contributed by atoms with van der Waals surface area (Å²) in [5.41, 5.74) is -0.276. The highest BCUT2D eigenvalue weighted by Crippen LogP contribution is 2.43. The van der Waals surface area contributed by atoms with Gasteiger partial charge in [0.05, 0.1) is 36.3 Å². The van der Waals surface area contributed by atoms with Crippen LogP contribution in [0.4, 0.5) is 0 Å². The first-order chi connectivity index (χ1) is 44.8. The number of rotatable bonds is 25. The molecule has 16 atom stereocenters. The first-order valence-corrected chi connectivity index (χ1v) is 29.9. The van der Waals surface area contributed by atoms with Gasteiger partial charge in [-0.3, -0.25) is 43.8 Å². The molecule has 3 saturated heterocycles. The monoisotopic (exact) mass is 1400 g/mol. The number of halogens is 3. The van der Waals surface area contributed by atoms with E-state index >= 15 is 4.79 Å². The SMILES string of the molecule is COC(=O)[C@@]1(O[C@H]2[C@@H](O[C@@H]3O[C@H](COC(=O)c4ccccc4)[C@H](OC(C)=O)[C@H](OC(C)=O)[C@H]3NC(C)=O)[C@@H](COC(=O)c3ccccc3)OC(OC(=N)C(Cl)(Cl)Cl)[C@@H]2OC(=O)c2ccccc2)C[C@H](OC(C)=O)[C@@H](NC(C)=O)[C@H]([C@H](OC(C)=O)[C@@H](COC(C)=O)OC(C)=O)O1. The molecule has 3 aliphatic rings. The fourth-order valence-electron chi connectivity index (χ4n) is 10.2. The summed E-state index contributed by atoms with van der Waals surface area (Å²) in [6, 6.07) is 17.9. The van der Waals surface area contributed by atoms with E-state index in [9.17, 15) is 52.7 Å². The molecule has 3 heterocycles. The van der Waals surface area contributed by atoms with Crippen molar-refractivity contribution in [3.05, 3.63) is 108 Å². The van der Waals surface area contributed by atoms with Crippen molar-refractivity contribution in [2.45, 2.75) is 163 Å². The minimum atomic E-state index is -3.34. The van der Waals surface area contributed by atoms with Crippen LogP contribution in [0.2, 0.25) is 0 Å². The quantitative estimate of drug-likeness (QED) is 0.0360. The molecule has 516 valence electrons. The average molecular weight is 1400 g/mol. The standard InChI is InChI=1S/C61H68Cl3N3O28/c1-29(68)66-44-40(84-32(4)71)25-60(59(79)80-9,94-50(44)47(87-35(7)74)41(85-33(5)72)26-81-31(3)70)95-51-48(92-56-45(67-30(2)69)49(88-36(8)75)46(86-34(6)73)42(89-56)27-82-53(76)37-19-13-10-14-20-37)43(28-83-54(77)38-21-15-11-16-22-38)90-57(93-58(65)61(62,63)64)52(51)91-55(78)39-23-17-12-18-24-39/h10-24,40-52,56-57,65H,25-28H2,1-9H3,(H,66,68)(H,67,69)/t40-,41+,42+,43+,44+,45+,46-,47+,48-,49+,50+,51-,52+,56-,57?,60-/m0/s1. The van der Waals surface area contributed by atoms with Crippen molar-refractivity contribution in [2.24, 2.45) is 0 Å². The normalized spacial score (nSPS) is 26.1. The molecule has 1 unspecified atom stereocenters. The van der Waals surface area contributed by atoms with Crippen molar-refractivity contribution in [3.8, 4) is 0 Å². The smallest absolute Gasteiger partial charge is 0.366 e. The first-order valence-electron chi connectivity index (χ1n) is 28.8. The van der Waals surface area contributed by atoms with Gasteiger partial charge in [-0.15, -0.1) is 0 Å². The van der Waals surface area contributed by atoms with Crippen molar-refractivity contribution in [1.29, 1.82) is 5.41 Å². The lowest BCUT2D eigenvalue weighted by molar-refractivity contribution is -0.383. The topological polar surface area (TPSA) is 400 Å². The zero-order valence-corrected chi connectivity index (χ0v) is 54.5. The van der Waals surface area contributed by atoms with Crippen molar-refractivity contribution < 1.29 is 133 Å². The second-order valence-electron chi connectivity index (χ2n) is 21.2. The van der Waals surface area contributed by atoms with Crippen LogP contribution in [0.15, 0.2) is 91.0 Å². The number of hydrogen-bond acceptors (Lipinski definition) is 29. The highest BCUT2D eigenvalue weighted by atomic mass is 35.6. The Morgan fingerprint density at radius 2 is 1.01 bits per heavy atom. The van der Waals surface area contributed by atoms with E-state index in [0.29, 0.717) is 0 Å². The van der Waals surface area contributed by atoms with Gasteiger partial charge in [0.25, 0.3) is 9.58 Å². The largest absolute Gasteiger partial charge is 0.465 e. The average Bonchev–Trinajstić information content (AvgIpc) is 0.742. The Bertz CT molecular complexity index is 3270. The van der Waals surface area contributed by atoms with Crippen molar-refractivity contribution in [2.75, 3.05) is 26.9 Å². The van der Waals surface area contributed by atoms with Crippen LogP contribution in [0.1, 0.15) is 92.9 Å². The zero-order chi connectivity index (χ0) is 70.1. The van der Waals surface area contributed by atoms with Gasteiger partial charge in [0.15, 0.2) is 36.8 Å². The van der Waals surface area contributed by atoms with E-state index in [-0.39, 0.29) is 16.7 Å². The number of ether oxygens (including phenoxy) is 16. The minimum Gasteiger partial charge on any atom is -0.465 e. The summed E-state index contributed by atoms with van der Waals surface area (Å²) in [4.78, 5) is 163. The number of carbonyl (C=O) groups is 12. The molecule has 31 nitrogen and oxygen atoms in total. The first kappa shape index (κ1) is 75.5. The Morgan fingerprint density at radius 1 is 0.537 bits per heavy atom. The second kappa shape index (κ2) is 34.2. The molecule has 3 aromatic carbocycles. The Hall–Kier alpha value is -8.56. The van der Waals surface area contributed by atoms with Crippen molar-refractivity contribution >= 4 is 112 Å². The van der Waals surface area contributed by atoms with E-state index in [1.165, 1.54) is 78.9 Å². The molecule has 0 radical (unpaired) electrons. The highest BCUT2D eigenvalue weighted by molar-refractivity contribution is 6.76. The molecule has 95 heavy (non-hydrogen) atoms. The maximum Gasteiger partial charge on any atom is 0.366 e. The van der Waals surface area contributed by atoms with Crippen LogP contribution in [0.5, 0.6) is 0 Å². The molecule has 0 bridgehead atoms. The van der Waals surface area contributed by atoms with E-state index in [0.717, 1.165) is 62.5 Å². The third-order valence-electron chi connectivity index (χ3n) is 13.8. The molecule has 3 fully saturated rings. The summed E-state index contributed by atoms with van der Waals surface area (Å²) in [6.45, 7) is 4.71. The molecule has 3 N–H and O–H groups in total. The van der Waals surface area contributed by atoms with Gasteiger partial charge >= 0.3 is 59.7 Å². The lowest BCUT2D eigenvalue weighted by Gasteiger charge is -2.53. The maximum atomic E-state index is 15.3. The number of hydrogen-bond donors (Lipinski definition) is 3. The van der Waals surface area contributed by atoms with Gasteiger partial charge in [0, 0.05) is 55.4 Å². The Labute approximate surface area is 557 Å². The Morgan fingerprint density at radius 3 is 1.47 bits per heavy atom.